The maximum absolute atomic E-state index is 13.1. The summed E-state index contributed by atoms with van der Waals surface area (Å²) >= 11 is 1.74. The molecule has 1 unspecified atom stereocenters. The molecule has 0 radical (unpaired) electrons. The average molecular weight is 359 g/mol. The van der Waals surface area contributed by atoms with Crippen molar-refractivity contribution in [2.24, 2.45) is 0 Å². The molecule has 0 spiro atoms. The van der Waals surface area contributed by atoms with E-state index < -0.39 is 6.10 Å². The minimum atomic E-state index is -0.396. The van der Waals surface area contributed by atoms with E-state index in [1.165, 1.54) is 22.6 Å². The second kappa shape index (κ2) is 7.91. The Kier molecular flexibility index (Phi) is 5.63. The molecule has 0 saturated heterocycles. The maximum Gasteiger partial charge on any atom is 0.123 e. The molecular formula is C19H22FN3OS. The predicted molar refractivity (Wildman–Crippen MR) is 98.4 cm³/mol. The minimum absolute atomic E-state index is 0.259. The number of hydrogen-bond donors (Lipinski definition) is 1. The number of aryl methyl sites for hydroxylation is 1. The Morgan fingerprint density at radius 3 is 2.64 bits per heavy atom. The fourth-order valence-corrected chi connectivity index (χ4v) is 3.71. The molecule has 0 amide bonds. The molecule has 1 atom stereocenters. The van der Waals surface area contributed by atoms with E-state index in [0.717, 1.165) is 17.8 Å². The molecule has 1 N–H and O–H groups in total. The summed E-state index contributed by atoms with van der Waals surface area (Å²) < 4.78 is 14.8. The third-order valence-corrected chi connectivity index (χ3v) is 5.00. The van der Waals surface area contributed by atoms with Gasteiger partial charge in [0.1, 0.15) is 5.82 Å². The molecule has 0 aliphatic rings. The van der Waals surface area contributed by atoms with E-state index >= 15 is 0 Å². The molecule has 132 valence electrons. The summed E-state index contributed by atoms with van der Waals surface area (Å²) in [7, 11) is 0. The Hall–Kier alpha value is -2.02. The van der Waals surface area contributed by atoms with Gasteiger partial charge in [0.2, 0.25) is 0 Å². The Morgan fingerprint density at radius 1 is 1.24 bits per heavy atom. The van der Waals surface area contributed by atoms with E-state index in [1.807, 2.05) is 12.4 Å². The van der Waals surface area contributed by atoms with Gasteiger partial charge in [-0.1, -0.05) is 0 Å². The summed E-state index contributed by atoms with van der Waals surface area (Å²) in [5.74, 6) is -0.259. The summed E-state index contributed by atoms with van der Waals surface area (Å²) in [4.78, 5) is 3.53. The molecule has 0 bridgehead atoms. The lowest BCUT2D eigenvalue weighted by atomic mass is 10.2. The lowest BCUT2D eigenvalue weighted by molar-refractivity contribution is 0.118. The summed E-state index contributed by atoms with van der Waals surface area (Å²) in [5.41, 5.74) is 3.16. The highest BCUT2D eigenvalue weighted by Gasteiger charge is 2.13. The van der Waals surface area contributed by atoms with E-state index in [4.69, 9.17) is 0 Å². The van der Waals surface area contributed by atoms with Gasteiger partial charge in [0.25, 0.3) is 0 Å². The number of rotatable bonds is 7. The van der Waals surface area contributed by atoms with Crippen LogP contribution >= 0.6 is 11.3 Å². The van der Waals surface area contributed by atoms with E-state index in [-0.39, 0.29) is 5.82 Å². The lowest BCUT2D eigenvalue weighted by Gasteiger charge is -2.23. The fourth-order valence-electron chi connectivity index (χ4n) is 2.76. The van der Waals surface area contributed by atoms with Gasteiger partial charge in [-0.15, -0.1) is 11.3 Å². The molecule has 3 aromatic rings. The van der Waals surface area contributed by atoms with Gasteiger partial charge in [-0.25, -0.2) is 9.07 Å². The summed E-state index contributed by atoms with van der Waals surface area (Å²) in [6.07, 6.45) is 3.37. The molecule has 0 fully saturated rings. The molecule has 0 aliphatic heterocycles. The van der Waals surface area contributed by atoms with Gasteiger partial charge in [0.15, 0.2) is 0 Å². The quantitative estimate of drug-likeness (QED) is 0.698. The largest absolute Gasteiger partial charge is 0.392 e. The Morgan fingerprint density at radius 2 is 2.00 bits per heavy atom. The molecule has 2 aromatic heterocycles. The number of aromatic nitrogens is 2. The van der Waals surface area contributed by atoms with Crippen LogP contribution in [0.15, 0.2) is 48.1 Å². The monoisotopic (exact) mass is 359 g/mol. The molecule has 0 saturated carbocycles. The van der Waals surface area contributed by atoms with Crippen LogP contribution in [0, 0.1) is 12.7 Å². The Balaban J connectivity index is 1.73. The van der Waals surface area contributed by atoms with Gasteiger partial charge in [-0.2, -0.15) is 5.10 Å². The zero-order chi connectivity index (χ0) is 17.8. The van der Waals surface area contributed by atoms with Crippen molar-refractivity contribution in [2.75, 3.05) is 6.54 Å². The number of aliphatic hydroxyl groups excluding tert-OH is 1. The zero-order valence-electron chi connectivity index (χ0n) is 14.4. The van der Waals surface area contributed by atoms with Crippen LogP contribution in [0.2, 0.25) is 0 Å². The number of thiophene rings is 1. The number of hydrogen-bond acceptors (Lipinski definition) is 4. The second-order valence-electron chi connectivity index (χ2n) is 6.32. The zero-order valence-corrected chi connectivity index (χ0v) is 15.2. The number of aliphatic hydroxyl groups is 1. The van der Waals surface area contributed by atoms with Crippen LogP contribution in [-0.2, 0) is 13.1 Å². The van der Waals surface area contributed by atoms with Crippen molar-refractivity contribution < 1.29 is 9.50 Å². The third kappa shape index (κ3) is 4.75. The summed E-state index contributed by atoms with van der Waals surface area (Å²) in [5, 5.41) is 16.3. The van der Waals surface area contributed by atoms with E-state index in [9.17, 15) is 9.50 Å². The first-order valence-corrected chi connectivity index (χ1v) is 9.12. The predicted octanol–water partition coefficient (Wildman–Crippen LogP) is 3.76. The first-order valence-electron chi connectivity index (χ1n) is 8.24. The van der Waals surface area contributed by atoms with Gasteiger partial charge < -0.3 is 5.11 Å². The van der Waals surface area contributed by atoms with Crippen LogP contribution in [-0.4, -0.2) is 32.4 Å². The van der Waals surface area contributed by atoms with Gasteiger partial charge in [-0.3, -0.25) is 4.90 Å². The molecule has 1 aromatic carbocycles. The number of nitrogens with zero attached hydrogens (tertiary/aromatic N) is 3. The fraction of sp³-hybridized carbons (Fsp3) is 0.316. The highest BCUT2D eigenvalue weighted by atomic mass is 32.1. The van der Waals surface area contributed by atoms with Crippen molar-refractivity contribution in [2.45, 2.75) is 33.0 Å². The van der Waals surface area contributed by atoms with Gasteiger partial charge in [0.05, 0.1) is 18.0 Å². The van der Waals surface area contributed by atoms with Gasteiger partial charge in [0, 0.05) is 36.3 Å². The topological polar surface area (TPSA) is 41.3 Å². The highest BCUT2D eigenvalue weighted by molar-refractivity contribution is 7.10. The Labute approximate surface area is 151 Å². The van der Waals surface area contributed by atoms with E-state index in [1.54, 1.807) is 35.1 Å². The smallest absolute Gasteiger partial charge is 0.123 e. The van der Waals surface area contributed by atoms with E-state index in [0.29, 0.717) is 13.1 Å². The molecule has 6 heteroatoms. The Bertz CT molecular complexity index is 810. The summed E-state index contributed by atoms with van der Waals surface area (Å²) in [6, 6.07) is 8.38. The van der Waals surface area contributed by atoms with Crippen molar-refractivity contribution in [3.05, 3.63) is 69.9 Å². The van der Waals surface area contributed by atoms with Gasteiger partial charge >= 0.3 is 0 Å². The maximum atomic E-state index is 13.1. The molecule has 0 aliphatic carbocycles. The van der Waals surface area contributed by atoms with Gasteiger partial charge in [-0.05, 0) is 55.1 Å². The van der Waals surface area contributed by atoms with Crippen LogP contribution in [0.3, 0.4) is 0 Å². The van der Waals surface area contributed by atoms with Crippen LogP contribution in [0.4, 0.5) is 4.39 Å². The van der Waals surface area contributed by atoms with E-state index in [2.05, 4.69) is 28.4 Å². The summed E-state index contributed by atoms with van der Waals surface area (Å²) in [6.45, 7) is 6.01. The number of halogens is 1. The highest BCUT2D eigenvalue weighted by Crippen LogP contribution is 2.20. The lowest BCUT2D eigenvalue weighted by Crippen LogP contribution is -2.30. The first kappa shape index (κ1) is 17.8. The van der Waals surface area contributed by atoms with Crippen molar-refractivity contribution in [1.29, 1.82) is 0 Å². The third-order valence-electron chi connectivity index (χ3n) is 3.99. The standard InChI is InChI=1S/C19H22FN3OS/c1-14-7-8-25-19(14)13-22(10-15(2)24)11-16-9-21-23(12-16)18-5-3-17(20)4-6-18/h3-9,12,15,24H,10-11,13H2,1-2H3. The molecular weight excluding hydrogens is 337 g/mol. The van der Waals surface area contributed by atoms with Crippen LogP contribution < -0.4 is 0 Å². The molecule has 25 heavy (non-hydrogen) atoms. The van der Waals surface area contributed by atoms with Crippen molar-refractivity contribution in [3.63, 3.8) is 0 Å². The second-order valence-corrected chi connectivity index (χ2v) is 7.32. The molecule has 4 nitrogen and oxygen atoms in total. The van der Waals surface area contributed by atoms with Crippen LogP contribution in [0.5, 0.6) is 0 Å². The van der Waals surface area contributed by atoms with Crippen molar-refractivity contribution in [3.8, 4) is 5.69 Å². The van der Waals surface area contributed by atoms with Crippen molar-refractivity contribution >= 4 is 11.3 Å². The average Bonchev–Trinajstić information content (AvgIpc) is 3.17. The van der Waals surface area contributed by atoms with Crippen molar-refractivity contribution in [1.82, 2.24) is 14.7 Å². The van der Waals surface area contributed by atoms with Crippen LogP contribution in [0.25, 0.3) is 5.69 Å². The molecule has 2 heterocycles. The minimum Gasteiger partial charge on any atom is -0.392 e. The first-order chi connectivity index (χ1) is 12.0. The normalized spacial score (nSPS) is 12.7. The molecule has 3 rings (SSSR count). The number of benzene rings is 1. The van der Waals surface area contributed by atoms with Crippen LogP contribution in [0.1, 0.15) is 22.9 Å². The SMILES string of the molecule is Cc1ccsc1CN(Cc1cnn(-c2ccc(F)cc2)c1)CC(C)O.